The molecule has 0 saturated carbocycles. The molecule has 0 aliphatic rings. The van der Waals surface area contributed by atoms with Crippen LogP contribution in [0, 0.1) is 6.92 Å². The summed E-state index contributed by atoms with van der Waals surface area (Å²) in [6.07, 6.45) is 0.544. The molecule has 2 aromatic heterocycles. The van der Waals surface area contributed by atoms with Crippen molar-refractivity contribution in [2.75, 3.05) is 5.73 Å². The molecule has 102 valence electrons. The number of nitrogens with two attached hydrogens (primary N) is 1. The van der Waals surface area contributed by atoms with E-state index in [0.29, 0.717) is 34.4 Å². The molecule has 0 spiro atoms. The second-order valence-corrected chi connectivity index (χ2v) is 5.66. The zero-order valence-corrected chi connectivity index (χ0v) is 12.2. The topological polar surface area (TPSA) is 77.8 Å². The molecule has 0 unspecified atom stereocenters. The van der Waals surface area contributed by atoms with E-state index >= 15 is 0 Å². The molecule has 0 aliphatic carbocycles. The van der Waals surface area contributed by atoms with E-state index in [2.05, 4.69) is 15.1 Å². The summed E-state index contributed by atoms with van der Waals surface area (Å²) in [4.78, 5) is 8.71. The molecule has 0 aliphatic heterocycles. The van der Waals surface area contributed by atoms with Crippen molar-refractivity contribution in [2.45, 2.75) is 13.3 Å². The summed E-state index contributed by atoms with van der Waals surface area (Å²) < 4.78 is 5.24. The van der Waals surface area contributed by atoms with Crippen molar-refractivity contribution in [2.24, 2.45) is 0 Å². The Labute approximate surface area is 124 Å². The number of halogens is 1. The number of nitrogen functional groups attached to an aromatic ring is 1. The molecular formula is C13H11ClN4OS. The maximum Gasteiger partial charge on any atom is 0.259 e. The van der Waals surface area contributed by atoms with E-state index in [9.17, 15) is 0 Å². The Balaban J connectivity index is 1.88. The van der Waals surface area contributed by atoms with Crippen molar-refractivity contribution >= 4 is 28.6 Å². The highest BCUT2D eigenvalue weighted by Crippen LogP contribution is 2.28. The predicted molar refractivity (Wildman–Crippen MR) is 78.8 cm³/mol. The average molecular weight is 307 g/mol. The SMILES string of the molecule is Cc1csc(Cc2noc(-c3cc(N)ccc3Cl)n2)n1. The van der Waals surface area contributed by atoms with Crippen LogP contribution < -0.4 is 5.73 Å². The van der Waals surface area contributed by atoms with Crippen molar-refractivity contribution in [1.82, 2.24) is 15.1 Å². The van der Waals surface area contributed by atoms with Crippen LogP contribution in [-0.2, 0) is 6.42 Å². The standard InChI is InChI=1S/C13H11ClN4OS/c1-7-6-20-12(16-7)5-11-17-13(19-18-11)9-4-8(15)2-3-10(9)14/h2-4,6H,5,15H2,1H3. The third-order valence-corrected chi connectivity index (χ3v) is 3.96. The van der Waals surface area contributed by atoms with Gasteiger partial charge >= 0.3 is 0 Å². The van der Waals surface area contributed by atoms with E-state index < -0.39 is 0 Å². The monoisotopic (exact) mass is 306 g/mol. The molecule has 5 nitrogen and oxygen atoms in total. The summed E-state index contributed by atoms with van der Waals surface area (Å²) in [6.45, 7) is 1.95. The summed E-state index contributed by atoms with van der Waals surface area (Å²) in [5, 5.41) is 7.42. The lowest BCUT2D eigenvalue weighted by Gasteiger charge is -1.99. The van der Waals surface area contributed by atoms with E-state index in [1.165, 1.54) is 0 Å². The zero-order valence-electron chi connectivity index (χ0n) is 10.6. The van der Waals surface area contributed by atoms with Crippen LogP contribution in [0.15, 0.2) is 28.1 Å². The van der Waals surface area contributed by atoms with Crippen LogP contribution in [0.5, 0.6) is 0 Å². The molecule has 0 fully saturated rings. The number of hydrogen-bond acceptors (Lipinski definition) is 6. The third-order valence-electron chi connectivity index (χ3n) is 2.66. The molecule has 2 N–H and O–H groups in total. The lowest BCUT2D eigenvalue weighted by molar-refractivity contribution is 0.424. The molecule has 0 amide bonds. The Morgan fingerprint density at radius 2 is 2.20 bits per heavy atom. The van der Waals surface area contributed by atoms with Gasteiger partial charge in [-0.3, -0.25) is 0 Å². The Kier molecular flexibility index (Phi) is 3.42. The highest BCUT2D eigenvalue weighted by Gasteiger charge is 2.14. The van der Waals surface area contributed by atoms with E-state index in [1.807, 2.05) is 12.3 Å². The van der Waals surface area contributed by atoms with Crippen LogP contribution in [0.4, 0.5) is 5.69 Å². The third kappa shape index (κ3) is 2.66. The van der Waals surface area contributed by atoms with E-state index in [-0.39, 0.29) is 0 Å². The van der Waals surface area contributed by atoms with Crippen LogP contribution in [0.3, 0.4) is 0 Å². The molecule has 3 rings (SSSR count). The minimum absolute atomic E-state index is 0.366. The van der Waals surface area contributed by atoms with Gasteiger partial charge in [-0.05, 0) is 25.1 Å². The van der Waals surface area contributed by atoms with Gasteiger partial charge in [0.05, 0.1) is 17.0 Å². The van der Waals surface area contributed by atoms with Gasteiger partial charge in [-0.1, -0.05) is 16.8 Å². The summed E-state index contributed by atoms with van der Waals surface area (Å²) in [6, 6.07) is 5.15. The molecule has 0 bridgehead atoms. The van der Waals surface area contributed by atoms with Gasteiger partial charge in [0.25, 0.3) is 5.89 Å². The maximum absolute atomic E-state index is 6.11. The van der Waals surface area contributed by atoms with Crippen molar-refractivity contribution in [3.8, 4) is 11.5 Å². The minimum Gasteiger partial charge on any atom is -0.399 e. The fraction of sp³-hybridized carbons (Fsp3) is 0.154. The van der Waals surface area contributed by atoms with Gasteiger partial charge in [-0.15, -0.1) is 11.3 Å². The number of hydrogen-bond donors (Lipinski definition) is 1. The summed E-state index contributed by atoms with van der Waals surface area (Å²) in [5.41, 5.74) is 7.97. The van der Waals surface area contributed by atoms with Crippen LogP contribution in [0.1, 0.15) is 16.5 Å². The van der Waals surface area contributed by atoms with Crippen molar-refractivity contribution in [3.63, 3.8) is 0 Å². The number of nitrogens with zero attached hydrogens (tertiary/aromatic N) is 3. The molecule has 20 heavy (non-hydrogen) atoms. The lowest BCUT2D eigenvalue weighted by Crippen LogP contribution is -1.91. The Hall–Kier alpha value is -1.92. The van der Waals surface area contributed by atoms with Gasteiger partial charge in [0.1, 0.15) is 5.01 Å². The van der Waals surface area contributed by atoms with Crippen LogP contribution in [0.2, 0.25) is 5.02 Å². The number of rotatable bonds is 3. The second-order valence-electron chi connectivity index (χ2n) is 4.31. The highest BCUT2D eigenvalue weighted by atomic mass is 35.5. The number of anilines is 1. The van der Waals surface area contributed by atoms with Crippen molar-refractivity contribution in [1.29, 1.82) is 0 Å². The number of aryl methyl sites for hydroxylation is 1. The van der Waals surface area contributed by atoms with Crippen LogP contribution in [-0.4, -0.2) is 15.1 Å². The Bertz CT molecular complexity index is 752. The van der Waals surface area contributed by atoms with Gasteiger partial charge < -0.3 is 10.3 Å². The van der Waals surface area contributed by atoms with Crippen LogP contribution >= 0.6 is 22.9 Å². The fourth-order valence-electron chi connectivity index (χ4n) is 1.76. The first kappa shape index (κ1) is 13.1. The van der Waals surface area contributed by atoms with Crippen molar-refractivity contribution in [3.05, 3.63) is 45.1 Å². The second kappa shape index (κ2) is 5.22. The molecule has 0 atom stereocenters. The first-order chi connectivity index (χ1) is 9.61. The van der Waals surface area contributed by atoms with Gasteiger partial charge in [0.15, 0.2) is 5.82 Å². The smallest absolute Gasteiger partial charge is 0.259 e. The zero-order chi connectivity index (χ0) is 14.1. The number of thiazole rings is 1. The van der Waals surface area contributed by atoms with Crippen LogP contribution in [0.25, 0.3) is 11.5 Å². The Morgan fingerprint density at radius 1 is 1.35 bits per heavy atom. The fourth-order valence-corrected chi connectivity index (χ4v) is 2.73. The van der Waals surface area contributed by atoms with E-state index in [1.54, 1.807) is 29.5 Å². The number of aromatic nitrogens is 3. The molecule has 0 radical (unpaired) electrons. The summed E-state index contributed by atoms with van der Waals surface area (Å²) >= 11 is 7.69. The normalized spacial score (nSPS) is 10.9. The number of benzene rings is 1. The molecule has 3 aromatic rings. The van der Waals surface area contributed by atoms with Gasteiger partial charge in [-0.2, -0.15) is 4.98 Å². The molecule has 0 saturated heterocycles. The largest absolute Gasteiger partial charge is 0.399 e. The molecular weight excluding hydrogens is 296 g/mol. The quantitative estimate of drug-likeness (QED) is 0.751. The maximum atomic E-state index is 6.11. The summed E-state index contributed by atoms with van der Waals surface area (Å²) in [7, 11) is 0. The molecule has 7 heteroatoms. The van der Waals surface area contributed by atoms with Gasteiger partial charge in [0.2, 0.25) is 0 Å². The van der Waals surface area contributed by atoms with Gasteiger partial charge in [0, 0.05) is 16.8 Å². The summed E-state index contributed by atoms with van der Waals surface area (Å²) in [5.74, 6) is 0.943. The van der Waals surface area contributed by atoms with E-state index in [4.69, 9.17) is 21.9 Å². The van der Waals surface area contributed by atoms with E-state index in [0.717, 1.165) is 10.7 Å². The first-order valence-corrected chi connectivity index (χ1v) is 7.16. The average Bonchev–Trinajstić information content (AvgIpc) is 3.02. The molecule has 2 heterocycles. The lowest BCUT2D eigenvalue weighted by atomic mass is 10.2. The van der Waals surface area contributed by atoms with Crippen molar-refractivity contribution < 1.29 is 4.52 Å². The Morgan fingerprint density at radius 3 is 2.95 bits per heavy atom. The first-order valence-electron chi connectivity index (χ1n) is 5.91. The van der Waals surface area contributed by atoms with Gasteiger partial charge in [-0.25, -0.2) is 4.98 Å². The molecule has 1 aromatic carbocycles. The highest BCUT2D eigenvalue weighted by molar-refractivity contribution is 7.09. The predicted octanol–water partition coefficient (Wildman–Crippen LogP) is 3.33. The minimum atomic E-state index is 0.366.